The van der Waals surface area contributed by atoms with Gasteiger partial charge in [-0.25, -0.2) is 4.79 Å². The number of ether oxygens (including phenoxy) is 1. The van der Waals surface area contributed by atoms with Gasteiger partial charge in [-0.05, 0) is 45.4 Å². The van der Waals surface area contributed by atoms with Gasteiger partial charge in [0.05, 0.1) is 6.04 Å². The molecule has 0 bridgehead atoms. The zero-order chi connectivity index (χ0) is 30.0. The molecule has 1 fully saturated rings. The molecule has 1 aliphatic heterocycles. The highest BCUT2D eigenvalue weighted by Gasteiger charge is 2.42. The lowest BCUT2D eigenvalue weighted by molar-refractivity contribution is -0.153. The summed E-state index contributed by atoms with van der Waals surface area (Å²) in [6.07, 6.45) is 3.18. The van der Waals surface area contributed by atoms with E-state index in [1.165, 1.54) is 11.0 Å². The third-order valence-electron chi connectivity index (χ3n) is 5.88. The standard InChI is InChI=1S/C27H45N5O7/c1-9-12-17(20(34)23(36)28-14-10-2)30-22(35)18-13-11-15-32(18)24(37)21(26(3,4)5)31-25(38)29-16-19(33)39-27(6,7)8/h10,17-18,21H,2,9,11-16H2,1,3-8H3,(H,28,36)(H,30,35)(H2,29,31,38). The molecule has 1 heterocycles. The number of esters is 1. The van der Waals surface area contributed by atoms with Gasteiger partial charge in [-0.3, -0.25) is 24.0 Å². The average molecular weight is 552 g/mol. The van der Waals surface area contributed by atoms with Crippen molar-refractivity contribution in [3.63, 3.8) is 0 Å². The summed E-state index contributed by atoms with van der Waals surface area (Å²) in [7, 11) is 0. The summed E-state index contributed by atoms with van der Waals surface area (Å²) in [6, 6.07) is -3.63. The van der Waals surface area contributed by atoms with Gasteiger partial charge in [0.1, 0.15) is 24.2 Å². The van der Waals surface area contributed by atoms with Crippen LogP contribution in [0.15, 0.2) is 12.7 Å². The Balaban J connectivity index is 2.96. The molecule has 3 atom stereocenters. The summed E-state index contributed by atoms with van der Waals surface area (Å²) >= 11 is 0. The molecular weight excluding hydrogens is 506 g/mol. The summed E-state index contributed by atoms with van der Waals surface area (Å²) in [6.45, 7) is 15.8. The summed E-state index contributed by atoms with van der Waals surface area (Å²) in [5.74, 6) is -3.20. The summed E-state index contributed by atoms with van der Waals surface area (Å²) in [5, 5.41) is 10.1. The van der Waals surface area contributed by atoms with Gasteiger partial charge < -0.3 is 30.9 Å². The first-order valence-electron chi connectivity index (χ1n) is 13.3. The Bertz CT molecular complexity index is 936. The van der Waals surface area contributed by atoms with E-state index in [0.29, 0.717) is 19.3 Å². The second-order valence-electron chi connectivity index (χ2n) is 11.6. The van der Waals surface area contributed by atoms with Crippen molar-refractivity contribution in [2.24, 2.45) is 5.41 Å². The molecule has 4 N–H and O–H groups in total. The van der Waals surface area contributed by atoms with Gasteiger partial charge in [0, 0.05) is 13.1 Å². The maximum atomic E-state index is 13.6. The molecule has 0 radical (unpaired) electrons. The predicted octanol–water partition coefficient (Wildman–Crippen LogP) is 1.19. The van der Waals surface area contributed by atoms with Crippen LogP contribution in [0.5, 0.6) is 0 Å². The first kappa shape index (κ1) is 33.6. The summed E-state index contributed by atoms with van der Waals surface area (Å²) in [4.78, 5) is 77.5. The van der Waals surface area contributed by atoms with Crippen molar-refractivity contribution in [1.29, 1.82) is 0 Å². The molecule has 0 spiro atoms. The first-order valence-corrected chi connectivity index (χ1v) is 13.3. The molecule has 1 saturated heterocycles. The van der Waals surface area contributed by atoms with Gasteiger partial charge in [0.15, 0.2) is 0 Å². The Hall–Kier alpha value is -3.44. The molecule has 5 amide bonds. The second kappa shape index (κ2) is 14.6. The molecule has 0 aromatic heterocycles. The van der Waals surface area contributed by atoms with E-state index in [2.05, 4.69) is 27.8 Å². The third kappa shape index (κ3) is 11.1. The Morgan fingerprint density at radius 2 is 1.67 bits per heavy atom. The van der Waals surface area contributed by atoms with Gasteiger partial charge in [-0.2, -0.15) is 0 Å². The SMILES string of the molecule is C=CCNC(=O)C(=O)C(CCC)NC(=O)C1CCCN1C(=O)C(NC(=O)NCC(=O)OC(C)(C)C)C(C)(C)C. The highest BCUT2D eigenvalue weighted by Crippen LogP contribution is 2.26. The maximum Gasteiger partial charge on any atom is 0.325 e. The number of Topliss-reactive ketones (excluding diaryl/α,β-unsaturated/α-hetero) is 1. The molecule has 12 heteroatoms. The highest BCUT2D eigenvalue weighted by atomic mass is 16.6. The summed E-state index contributed by atoms with van der Waals surface area (Å²) < 4.78 is 5.17. The quantitative estimate of drug-likeness (QED) is 0.161. The normalized spacial score (nSPS) is 16.9. The van der Waals surface area contributed by atoms with Crippen LogP contribution in [0.1, 0.15) is 74.1 Å². The minimum absolute atomic E-state index is 0.120. The van der Waals surface area contributed by atoms with E-state index < -0.39 is 64.6 Å². The van der Waals surface area contributed by atoms with E-state index in [9.17, 15) is 28.8 Å². The molecular formula is C27H45N5O7. The van der Waals surface area contributed by atoms with E-state index in [1.54, 1.807) is 41.5 Å². The second-order valence-corrected chi connectivity index (χ2v) is 11.6. The van der Waals surface area contributed by atoms with Gasteiger partial charge in [-0.1, -0.05) is 40.2 Å². The van der Waals surface area contributed by atoms with Crippen LogP contribution >= 0.6 is 0 Å². The van der Waals surface area contributed by atoms with Crippen LogP contribution in [0.2, 0.25) is 0 Å². The lowest BCUT2D eigenvalue weighted by Crippen LogP contribution is -2.60. The molecule has 3 unspecified atom stereocenters. The predicted molar refractivity (Wildman–Crippen MR) is 145 cm³/mol. The van der Waals surface area contributed by atoms with Crippen LogP contribution in [0, 0.1) is 5.41 Å². The van der Waals surface area contributed by atoms with Crippen LogP contribution in [0.4, 0.5) is 4.79 Å². The van der Waals surface area contributed by atoms with Crippen molar-refractivity contribution < 1.29 is 33.5 Å². The van der Waals surface area contributed by atoms with Crippen molar-refractivity contribution >= 4 is 35.5 Å². The van der Waals surface area contributed by atoms with E-state index in [0.717, 1.165) is 0 Å². The fourth-order valence-electron chi connectivity index (χ4n) is 4.07. The molecule has 220 valence electrons. The van der Waals surface area contributed by atoms with Crippen LogP contribution in [0.3, 0.4) is 0 Å². The largest absolute Gasteiger partial charge is 0.459 e. The number of amides is 5. The van der Waals surface area contributed by atoms with E-state index in [1.807, 2.05) is 6.92 Å². The minimum Gasteiger partial charge on any atom is -0.459 e. The lowest BCUT2D eigenvalue weighted by atomic mass is 9.85. The minimum atomic E-state index is -1.03. The maximum absolute atomic E-state index is 13.6. The van der Waals surface area contributed by atoms with E-state index in [4.69, 9.17) is 4.74 Å². The number of carbonyl (C=O) groups is 6. The molecule has 1 aliphatic rings. The Kier molecular flexibility index (Phi) is 12.6. The van der Waals surface area contributed by atoms with E-state index in [-0.39, 0.29) is 26.1 Å². The van der Waals surface area contributed by atoms with Crippen LogP contribution in [-0.2, 0) is 28.7 Å². The zero-order valence-electron chi connectivity index (χ0n) is 24.3. The van der Waals surface area contributed by atoms with Crippen molar-refractivity contribution in [1.82, 2.24) is 26.2 Å². The average Bonchev–Trinajstić information content (AvgIpc) is 3.32. The fourth-order valence-corrected chi connectivity index (χ4v) is 4.07. The highest BCUT2D eigenvalue weighted by molar-refractivity contribution is 6.38. The van der Waals surface area contributed by atoms with E-state index >= 15 is 0 Å². The first-order chi connectivity index (χ1) is 18.0. The molecule has 0 saturated carbocycles. The Morgan fingerprint density at radius 1 is 1.03 bits per heavy atom. The molecule has 0 aliphatic carbocycles. The number of urea groups is 1. The number of rotatable bonds is 12. The van der Waals surface area contributed by atoms with Crippen molar-refractivity contribution in [3.05, 3.63) is 12.7 Å². The molecule has 1 rings (SSSR count). The van der Waals surface area contributed by atoms with Gasteiger partial charge in [0.2, 0.25) is 17.6 Å². The van der Waals surface area contributed by atoms with Gasteiger partial charge in [-0.15, -0.1) is 6.58 Å². The number of likely N-dealkylation sites (tertiary alicyclic amines) is 1. The zero-order valence-corrected chi connectivity index (χ0v) is 24.3. The number of ketones is 1. The van der Waals surface area contributed by atoms with Crippen molar-refractivity contribution in [2.75, 3.05) is 19.6 Å². The fraction of sp³-hybridized carbons (Fsp3) is 0.704. The van der Waals surface area contributed by atoms with Crippen molar-refractivity contribution in [3.8, 4) is 0 Å². The van der Waals surface area contributed by atoms with Crippen molar-refractivity contribution in [2.45, 2.75) is 97.9 Å². The number of carbonyl (C=O) groups excluding carboxylic acids is 6. The third-order valence-corrected chi connectivity index (χ3v) is 5.88. The summed E-state index contributed by atoms with van der Waals surface area (Å²) in [5.41, 5.74) is -1.44. The molecule has 0 aromatic rings. The number of nitrogens with one attached hydrogen (secondary N) is 4. The van der Waals surface area contributed by atoms with Crippen LogP contribution < -0.4 is 21.3 Å². The lowest BCUT2D eigenvalue weighted by Gasteiger charge is -2.35. The molecule has 12 nitrogen and oxygen atoms in total. The Morgan fingerprint density at radius 3 is 2.21 bits per heavy atom. The Labute approximate surface area is 231 Å². The number of hydrogen-bond donors (Lipinski definition) is 4. The van der Waals surface area contributed by atoms with Gasteiger partial charge >= 0.3 is 12.0 Å². The monoisotopic (exact) mass is 551 g/mol. The topological polar surface area (TPSA) is 163 Å². The van der Waals surface area contributed by atoms with Gasteiger partial charge in [0.25, 0.3) is 5.91 Å². The van der Waals surface area contributed by atoms with Crippen LogP contribution in [-0.4, -0.2) is 83.8 Å². The number of hydrogen-bond acceptors (Lipinski definition) is 7. The van der Waals surface area contributed by atoms with Crippen LogP contribution in [0.25, 0.3) is 0 Å². The molecule has 0 aromatic carbocycles. The molecule has 39 heavy (non-hydrogen) atoms. The smallest absolute Gasteiger partial charge is 0.325 e. The number of nitrogens with zero attached hydrogens (tertiary/aromatic N) is 1.